The number of aliphatic hydroxyl groups excluding tert-OH is 1. The largest absolute Gasteiger partial charge is 0.493 e. The van der Waals surface area contributed by atoms with E-state index in [-0.39, 0.29) is 36.7 Å². The summed E-state index contributed by atoms with van der Waals surface area (Å²) in [7, 11) is 5.33. The third-order valence-electron chi connectivity index (χ3n) is 7.82. The minimum Gasteiger partial charge on any atom is -0.493 e. The number of rotatable bonds is 3. The minimum absolute atomic E-state index is 0.0117. The Hall–Kier alpha value is -2.77. The van der Waals surface area contributed by atoms with Gasteiger partial charge >= 0.3 is 0 Å². The smallest absolute Gasteiger partial charge is 0.241 e. The molecule has 1 saturated heterocycles. The van der Waals surface area contributed by atoms with Crippen molar-refractivity contribution in [2.45, 2.75) is 57.3 Å². The third kappa shape index (κ3) is 3.21. The number of nitrogens with zero attached hydrogens (tertiary/aromatic N) is 2. The number of likely N-dealkylation sites (N-methyl/N-ethyl adjacent to an activating group) is 1. The van der Waals surface area contributed by atoms with Crippen LogP contribution in [0.5, 0.6) is 17.2 Å². The molecule has 2 bridgehead atoms. The number of piperazine rings is 1. The SMILES string of the molecule is CC.COc1cc2c(cc1OC)[C@@H]1C3Cc4cc5c(cc4C(CO)N3C(=O)[C@H](C2)N1C)CCO5. The second-order valence-corrected chi connectivity index (χ2v) is 9.21. The van der Waals surface area contributed by atoms with Crippen LogP contribution in [0.4, 0.5) is 0 Å². The topological polar surface area (TPSA) is 71.5 Å². The molecule has 0 aliphatic carbocycles. The lowest BCUT2D eigenvalue weighted by Gasteiger charge is -2.57. The molecule has 0 spiro atoms. The number of amides is 1. The molecule has 182 valence electrons. The minimum atomic E-state index is -0.331. The van der Waals surface area contributed by atoms with Crippen molar-refractivity contribution in [1.29, 1.82) is 0 Å². The number of aliphatic hydroxyl groups is 1. The molecule has 2 unspecified atom stereocenters. The molecule has 34 heavy (non-hydrogen) atoms. The van der Waals surface area contributed by atoms with Gasteiger partial charge in [0.2, 0.25) is 5.91 Å². The van der Waals surface area contributed by atoms with Gasteiger partial charge in [0.05, 0.1) is 51.6 Å². The Labute approximate surface area is 201 Å². The van der Waals surface area contributed by atoms with Crippen LogP contribution >= 0.6 is 0 Å². The molecule has 4 aliphatic heterocycles. The summed E-state index contributed by atoms with van der Waals surface area (Å²) in [6, 6.07) is 7.71. The van der Waals surface area contributed by atoms with Crippen LogP contribution in [0, 0.1) is 0 Å². The fraction of sp³-hybridized carbons (Fsp3) is 0.519. The fourth-order valence-corrected chi connectivity index (χ4v) is 6.31. The maximum atomic E-state index is 13.8. The molecule has 1 N–H and O–H groups in total. The van der Waals surface area contributed by atoms with Gasteiger partial charge in [-0.25, -0.2) is 0 Å². The van der Waals surface area contributed by atoms with Gasteiger partial charge in [0.25, 0.3) is 0 Å². The molecule has 0 aromatic heterocycles. The average molecular weight is 467 g/mol. The Morgan fingerprint density at radius 1 is 1.00 bits per heavy atom. The van der Waals surface area contributed by atoms with Crippen LogP contribution in [0.2, 0.25) is 0 Å². The second-order valence-electron chi connectivity index (χ2n) is 9.21. The predicted octanol–water partition coefficient (Wildman–Crippen LogP) is 3.06. The van der Waals surface area contributed by atoms with Crippen LogP contribution in [0.15, 0.2) is 24.3 Å². The lowest BCUT2D eigenvalue weighted by molar-refractivity contribution is -0.158. The van der Waals surface area contributed by atoms with Crippen molar-refractivity contribution < 1.29 is 24.1 Å². The summed E-state index contributed by atoms with van der Waals surface area (Å²) < 4.78 is 16.9. The lowest BCUT2D eigenvalue weighted by atomic mass is 9.74. The molecule has 0 radical (unpaired) electrons. The number of methoxy groups -OCH3 is 2. The zero-order valence-electron chi connectivity index (χ0n) is 20.6. The van der Waals surface area contributed by atoms with Crippen molar-refractivity contribution in [1.82, 2.24) is 9.80 Å². The van der Waals surface area contributed by atoms with Crippen LogP contribution in [0.25, 0.3) is 0 Å². The van der Waals surface area contributed by atoms with Crippen molar-refractivity contribution in [3.63, 3.8) is 0 Å². The Balaban J connectivity index is 0.00000117. The van der Waals surface area contributed by atoms with Crippen LogP contribution in [-0.4, -0.2) is 67.4 Å². The number of ether oxygens (including phenoxy) is 3. The van der Waals surface area contributed by atoms with E-state index in [2.05, 4.69) is 23.1 Å². The van der Waals surface area contributed by atoms with E-state index in [1.165, 1.54) is 16.7 Å². The summed E-state index contributed by atoms with van der Waals surface area (Å²) >= 11 is 0. The molecule has 7 heteroatoms. The molecular weight excluding hydrogens is 432 g/mol. The van der Waals surface area contributed by atoms with Crippen molar-refractivity contribution in [3.05, 3.63) is 52.1 Å². The maximum absolute atomic E-state index is 13.8. The molecule has 4 aliphatic rings. The highest BCUT2D eigenvalue weighted by atomic mass is 16.5. The van der Waals surface area contributed by atoms with Crippen molar-refractivity contribution in [2.75, 3.05) is 34.5 Å². The second kappa shape index (κ2) is 8.78. The first-order valence-corrected chi connectivity index (χ1v) is 12.2. The van der Waals surface area contributed by atoms with Crippen molar-refractivity contribution >= 4 is 5.91 Å². The number of carbonyl (C=O) groups excluding carboxylic acids is 1. The number of hydrogen-bond donors (Lipinski definition) is 1. The van der Waals surface area contributed by atoms with Crippen LogP contribution in [0.3, 0.4) is 0 Å². The first-order valence-electron chi connectivity index (χ1n) is 12.2. The van der Waals surface area contributed by atoms with E-state index in [9.17, 15) is 9.90 Å². The zero-order chi connectivity index (χ0) is 24.1. The summed E-state index contributed by atoms with van der Waals surface area (Å²) in [5.74, 6) is 2.42. The highest BCUT2D eigenvalue weighted by Gasteiger charge is 2.53. The molecule has 7 nitrogen and oxygen atoms in total. The molecule has 1 fully saturated rings. The summed E-state index contributed by atoms with van der Waals surface area (Å²) in [4.78, 5) is 18.0. The van der Waals surface area contributed by atoms with Gasteiger partial charge in [-0.15, -0.1) is 0 Å². The molecule has 1 amide bonds. The van der Waals surface area contributed by atoms with Gasteiger partial charge in [-0.3, -0.25) is 9.69 Å². The predicted molar refractivity (Wildman–Crippen MR) is 129 cm³/mol. The Morgan fingerprint density at radius 2 is 1.71 bits per heavy atom. The van der Waals surface area contributed by atoms with Gasteiger partial charge < -0.3 is 24.2 Å². The normalized spacial score (nSPS) is 26.3. The number of hydrogen-bond acceptors (Lipinski definition) is 6. The molecule has 0 saturated carbocycles. The summed E-state index contributed by atoms with van der Waals surface area (Å²) in [5, 5.41) is 10.4. The Kier molecular flexibility index (Phi) is 5.94. The first kappa shape index (κ1) is 23.0. The lowest BCUT2D eigenvalue weighted by Crippen LogP contribution is -2.66. The van der Waals surface area contributed by atoms with Crippen LogP contribution in [-0.2, 0) is 24.1 Å². The van der Waals surface area contributed by atoms with Gasteiger partial charge in [0, 0.05) is 6.42 Å². The molecule has 6 rings (SSSR count). The Morgan fingerprint density at radius 3 is 2.41 bits per heavy atom. The fourth-order valence-electron chi connectivity index (χ4n) is 6.31. The average Bonchev–Trinajstić information content (AvgIpc) is 3.32. The van der Waals surface area contributed by atoms with E-state index in [0.29, 0.717) is 24.5 Å². The van der Waals surface area contributed by atoms with E-state index >= 15 is 0 Å². The van der Waals surface area contributed by atoms with E-state index < -0.39 is 0 Å². The standard InChI is InChI=1S/C25H28N2O5.C2H6/c1-26-19-8-15-10-22(30-2)23(31-3)11-17(15)24(26)18-7-14-9-21-13(4-5-32-21)6-16(14)20(12-28)27(18)25(19)29;1-2/h6,9-11,18-20,24,28H,4-5,7-8,12H2,1-3H3;1-2H3/t18?,19-,20?,24+;/m0./s1. The van der Waals surface area contributed by atoms with E-state index in [1.54, 1.807) is 14.2 Å². The molecule has 2 aromatic carbocycles. The van der Waals surface area contributed by atoms with Gasteiger partial charge in [0.15, 0.2) is 11.5 Å². The third-order valence-corrected chi connectivity index (χ3v) is 7.82. The first-order chi connectivity index (χ1) is 16.5. The van der Waals surface area contributed by atoms with Crippen LogP contribution < -0.4 is 14.2 Å². The highest BCUT2D eigenvalue weighted by molar-refractivity contribution is 5.85. The quantitative estimate of drug-likeness (QED) is 0.750. The summed E-state index contributed by atoms with van der Waals surface area (Å²) in [6.45, 7) is 4.60. The molecule has 4 heterocycles. The summed E-state index contributed by atoms with van der Waals surface area (Å²) in [5.41, 5.74) is 5.70. The number of fused-ring (bicyclic) bond motifs is 8. The van der Waals surface area contributed by atoms with E-state index in [0.717, 1.165) is 29.7 Å². The summed E-state index contributed by atoms with van der Waals surface area (Å²) in [6.07, 6.45) is 2.22. The number of benzene rings is 2. The van der Waals surface area contributed by atoms with Gasteiger partial charge in [-0.05, 0) is 72.0 Å². The molecule has 2 aromatic rings. The Bertz CT molecular complexity index is 1120. The molecular formula is C27H34N2O5. The van der Waals surface area contributed by atoms with E-state index in [1.807, 2.05) is 31.9 Å². The van der Waals surface area contributed by atoms with Crippen molar-refractivity contribution in [3.8, 4) is 17.2 Å². The number of carbonyl (C=O) groups is 1. The maximum Gasteiger partial charge on any atom is 0.241 e. The molecule has 4 atom stereocenters. The van der Waals surface area contributed by atoms with Gasteiger partial charge in [0.1, 0.15) is 5.75 Å². The van der Waals surface area contributed by atoms with Gasteiger partial charge in [-0.2, -0.15) is 0 Å². The monoisotopic (exact) mass is 466 g/mol. The highest BCUT2D eigenvalue weighted by Crippen LogP contribution is 2.50. The van der Waals surface area contributed by atoms with Gasteiger partial charge in [-0.1, -0.05) is 13.8 Å². The van der Waals surface area contributed by atoms with Crippen molar-refractivity contribution in [2.24, 2.45) is 0 Å². The van der Waals surface area contributed by atoms with E-state index in [4.69, 9.17) is 14.2 Å². The van der Waals surface area contributed by atoms with Crippen LogP contribution in [0.1, 0.15) is 53.7 Å². The zero-order valence-corrected chi connectivity index (χ0v) is 20.6.